The molecule has 2 fully saturated rings. The van der Waals surface area contributed by atoms with Gasteiger partial charge >= 0.3 is 0 Å². The van der Waals surface area contributed by atoms with E-state index in [9.17, 15) is 9.59 Å². The summed E-state index contributed by atoms with van der Waals surface area (Å²) in [6.07, 6.45) is 6.35. The number of nitrogens with one attached hydrogen (secondary N) is 1. The second-order valence-electron chi connectivity index (χ2n) is 10.9. The van der Waals surface area contributed by atoms with Gasteiger partial charge in [-0.05, 0) is 77.3 Å². The molecule has 3 aromatic rings. The Morgan fingerprint density at radius 1 is 1.24 bits per heavy atom. The molecular formula is C26H33N5O3. The molecule has 0 aromatic carbocycles. The van der Waals surface area contributed by atoms with E-state index >= 15 is 0 Å². The predicted octanol–water partition coefficient (Wildman–Crippen LogP) is 4.07. The number of piperidine rings is 1. The van der Waals surface area contributed by atoms with Crippen LogP contribution in [0.5, 0.6) is 0 Å². The smallest absolute Gasteiger partial charge is 0.287 e. The number of hydrogen-bond acceptors (Lipinski definition) is 5. The van der Waals surface area contributed by atoms with Crippen molar-refractivity contribution in [2.75, 3.05) is 19.6 Å². The van der Waals surface area contributed by atoms with Crippen molar-refractivity contribution < 1.29 is 14.0 Å². The van der Waals surface area contributed by atoms with Crippen molar-refractivity contribution in [1.29, 1.82) is 0 Å². The average Bonchev–Trinajstić information content (AvgIpc) is 3.13. The van der Waals surface area contributed by atoms with Crippen LogP contribution in [-0.2, 0) is 5.54 Å². The number of aryl methyl sites for hydroxylation is 1. The Morgan fingerprint density at radius 3 is 2.62 bits per heavy atom. The molecule has 1 aliphatic carbocycles. The van der Waals surface area contributed by atoms with Crippen molar-refractivity contribution in [1.82, 2.24) is 25.0 Å². The molecule has 0 bridgehead atoms. The maximum atomic E-state index is 13.3. The van der Waals surface area contributed by atoms with Gasteiger partial charge in [0.2, 0.25) is 0 Å². The quantitative estimate of drug-likeness (QED) is 0.630. The number of fused-ring (bicyclic) bond motifs is 1. The summed E-state index contributed by atoms with van der Waals surface area (Å²) in [5, 5.41) is 8.56. The monoisotopic (exact) mass is 463 g/mol. The lowest BCUT2D eigenvalue weighted by Gasteiger charge is -2.33. The Kier molecular flexibility index (Phi) is 5.30. The predicted molar refractivity (Wildman–Crippen MR) is 129 cm³/mol. The number of amides is 2. The molecule has 5 rings (SSSR count). The molecule has 180 valence electrons. The first-order valence-corrected chi connectivity index (χ1v) is 12.1. The van der Waals surface area contributed by atoms with Gasteiger partial charge in [0.1, 0.15) is 0 Å². The molecule has 1 saturated heterocycles. The van der Waals surface area contributed by atoms with E-state index in [2.05, 4.69) is 36.2 Å². The first kappa shape index (κ1) is 22.6. The number of aromatic nitrogens is 3. The van der Waals surface area contributed by atoms with Crippen LogP contribution >= 0.6 is 0 Å². The number of carbonyl (C=O) groups is 2. The number of likely N-dealkylation sites (tertiary alicyclic amines) is 1. The van der Waals surface area contributed by atoms with Crippen LogP contribution in [0.25, 0.3) is 11.0 Å². The fourth-order valence-electron chi connectivity index (χ4n) is 5.55. The van der Waals surface area contributed by atoms with E-state index in [4.69, 9.17) is 4.42 Å². The molecule has 3 aromatic heterocycles. The van der Waals surface area contributed by atoms with Crippen molar-refractivity contribution in [3.8, 4) is 0 Å². The Bertz CT molecular complexity index is 1220. The number of rotatable bonds is 4. The first-order valence-electron chi connectivity index (χ1n) is 12.1. The Hall–Kier alpha value is -3.16. The van der Waals surface area contributed by atoms with E-state index in [1.807, 2.05) is 29.5 Å². The molecule has 2 amide bonds. The Morgan fingerprint density at radius 2 is 1.97 bits per heavy atom. The summed E-state index contributed by atoms with van der Waals surface area (Å²) in [5.74, 6) is 0.671. The van der Waals surface area contributed by atoms with Gasteiger partial charge < -0.3 is 14.6 Å². The zero-order valence-corrected chi connectivity index (χ0v) is 20.6. The van der Waals surface area contributed by atoms with Gasteiger partial charge in [-0.2, -0.15) is 5.10 Å². The highest BCUT2D eigenvalue weighted by Crippen LogP contribution is 2.59. The fourth-order valence-corrected chi connectivity index (χ4v) is 5.55. The fraction of sp³-hybridized carbons (Fsp3) is 0.538. The summed E-state index contributed by atoms with van der Waals surface area (Å²) in [5.41, 5.74) is 3.17. The van der Waals surface area contributed by atoms with Crippen LogP contribution in [0.15, 0.2) is 28.9 Å². The summed E-state index contributed by atoms with van der Waals surface area (Å²) < 4.78 is 7.58. The lowest BCUT2D eigenvalue weighted by molar-refractivity contribution is 0.0667. The van der Waals surface area contributed by atoms with Gasteiger partial charge in [-0.15, -0.1) is 0 Å². The largest absolute Gasteiger partial charge is 0.449 e. The third kappa shape index (κ3) is 3.89. The van der Waals surface area contributed by atoms with Crippen LogP contribution in [0, 0.1) is 25.2 Å². The molecule has 1 unspecified atom stereocenters. The van der Waals surface area contributed by atoms with E-state index in [-0.39, 0.29) is 22.8 Å². The number of nitrogens with zero attached hydrogens (tertiary/aromatic N) is 4. The number of carbonyl (C=O) groups excluding carboxylic acids is 2. The highest BCUT2D eigenvalue weighted by molar-refractivity contribution is 5.97. The topological polar surface area (TPSA) is 93.3 Å². The van der Waals surface area contributed by atoms with Gasteiger partial charge in [0.25, 0.3) is 11.8 Å². The van der Waals surface area contributed by atoms with E-state index in [1.165, 1.54) is 0 Å². The highest BCUT2D eigenvalue weighted by Gasteiger charge is 2.55. The minimum Gasteiger partial charge on any atom is -0.449 e. The van der Waals surface area contributed by atoms with Crippen LogP contribution in [0.1, 0.15) is 72.3 Å². The molecule has 1 aliphatic heterocycles. The van der Waals surface area contributed by atoms with Crippen molar-refractivity contribution in [2.45, 2.75) is 59.4 Å². The van der Waals surface area contributed by atoms with Crippen LogP contribution < -0.4 is 5.32 Å². The van der Waals surface area contributed by atoms with E-state index in [0.29, 0.717) is 23.8 Å². The van der Waals surface area contributed by atoms with Crippen molar-refractivity contribution in [3.63, 3.8) is 0 Å². The molecule has 4 heterocycles. The molecule has 8 heteroatoms. The van der Waals surface area contributed by atoms with Crippen molar-refractivity contribution >= 4 is 22.8 Å². The summed E-state index contributed by atoms with van der Waals surface area (Å²) in [6.45, 7) is 12.3. The van der Waals surface area contributed by atoms with Crippen molar-refractivity contribution in [2.24, 2.45) is 11.3 Å². The highest BCUT2D eigenvalue weighted by atomic mass is 16.3. The van der Waals surface area contributed by atoms with E-state index < -0.39 is 0 Å². The molecule has 1 saturated carbocycles. The molecule has 34 heavy (non-hydrogen) atoms. The van der Waals surface area contributed by atoms with Crippen LogP contribution in [0.3, 0.4) is 0 Å². The first-order chi connectivity index (χ1) is 16.1. The second-order valence-corrected chi connectivity index (χ2v) is 10.9. The van der Waals surface area contributed by atoms with Crippen molar-refractivity contribution in [3.05, 3.63) is 47.2 Å². The molecule has 1 atom stereocenters. The SMILES string of the molecule is Cc1nn(C(C)(C)C)c(C)c1C(=O)N1CCC2(CC1)CC2CNC(=O)c1cc2ccncc2o1. The maximum absolute atomic E-state index is 13.3. The minimum atomic E-state index is -0.187. The van der Waals surface area contributed by atoms with Crippen LogP contribution in [-0.4, -0.2) is 51.1 Å². The van der Waals surface area contributed by atoms with Crippen LogP contribution in [0.2, 0.25) is 0 Å². The molecule has 0 radical (unpaired) electrons. The van der Waals surface area contributed by atoms with Gasteiger partial charge in [0, 0.05) is 36.9 Å². The average molecular weight is 464 g/mol. The lowest BCUT2D eigenvalue weighted by Crippen LogP contribution is -2.40. The third-order valence-corrected chi connectivity index (χ3v) is 7.60. The number of furan rings is 1. The number of pyridine rings is 1. The summed E-state index contributed by atoms with van der Waals surface area (Å²) in [7, 11) is 0. The maximum Gasteiger partial charge on any atom is 0.287 e. The zero-order chi connectivity index (χ0) is 24.3. The van der Waals surface area contributed by atoms with Gasteiger partial charge in [0.15, 0.2) is 11.3 Å². The summed E-state index contributed by atoms with van der Waals surface area (Å²) in [4.78, 5) is 31.9. The van der Waals surface area contributed by atoms with E-state index in [1.54, 1.807) is 18.5 Å². The molecule has 1 spiro atoms. The third-order valence-electron chi connectivity index (χ3n) is 7.60. The lowest BCUT2D eigenvalue weighted by atomic mass is 9.90. The Balaban J connectivity index is 1.17. The van der Waals surface area contributed by atoms with Gasteiger partial charge in [-0.3, -0.25) is 19.3 Å². The number of hydrogen-bond donors (Lipinski definition) is 1. The second kappa shape index (κ2) is 7.96. The standard InChI is InChI=1S/C26H33N5O3/c1-16-22(17(2)31(29-16)25(3,4)5)24(33)30-10-7-26(8-11-30)13-19(26)14-28-23(32)20-12-18-6-9-27-15-21(18)34-20/h6,9,12,15,19H,7-8,10-11,13-14H2,1-5H3,(H,28,32). The molecule has 2 aliphatic rings. The molecule has 1 N–H and O–H groups in total. The Labute approximate surface area is 199 Å². The minimum absolute atomic E-state index is 0.0882. The van der Waals surface area contributed by atoms with Crippen LogP contribution in [0.4, 0.5) is 0 Å². The zero-order valence-electron chi connectivity index (χ0n) is 20.6. The van der Waals surface area contributed by atoms with Gasteiger partial charge in [0.05, 0.1) is 23.0 Å². The van der Waals surface area contributed by atoms with Gasteiger partial charge in [-0.1, -0.05) is 0 Å². The van der Waals surface area contributed by atoms with Gasteiger partial charge in [-0.25, -0.2) is 0 Å². The summed E-state index contributed by atoms with van der Waals surface area (Å²) >= 11 is 0. The molecule has 8 nitrogen and oxygen atoms in total. The molecular weight excluding hydrogens is 430 g/mol. The van der Waals surface area contributed by atoms with E-state index in [0.717, 1.165) is 54.7 Å². The summed E-state index contributed by atoms with van der Waals surface area (Å²) in [6, 6.07) is 3.59. The normalized spacial score (nSPS) is 19.6.